The fraction of sp³-hybridized carbons (Fsp3) is 0.222. The SMILES string of the molecule is COCOc1ccccc1N1C=CC=CC(C(=O)OC)=C1C(=O)OC. The third-order valence-corrected chi connectivity index (χ3v) is 3.35. The Morgan fingerprint density at radius 2 is 1.72 bits per heavy atom. The standard InChI is InChI=1S/C18H19NO6/c1-22-12-25-15-10-5-4-9-14(15)19-11-7-6-8-13(17(20)23-2)16(19)18(21)24-3/h4-11H,12H2,1-3H3. The molecule has 25 heavy (non-hydrogen) atoms. The van der Waals surface area contributed by atoms with Gasteiger partial charge in [0.2, 0.25) is 0 Å². The van der Waals surface area contributed by atoms with Gasteiger partial charge < -0.3 is 23.8 Å². The van der Waals surface area contributed by atoms with Crippen molar-refractivity contribution in [1.29, 1.82) is 0 Å². The van der Waals surface area contributed by atoms with E-state index in [-0.39, 0.29) is 18.1 Å². The fourth-order valence-corrected chi connectivity index (χ4v) is 2.25. The lowest BCUT2D eigenvalue weighted by atomic mass is 10.1. The Balaban J connectivity index is 2.61. The van der Waals surface area contributed by atoms with Crippen LogP contribution in [0.25, 0.3) is 0 Å². The van der Waals surface area contributed by atoms with Crippen molar-refractivity contribution in [2.75, 3.05) is 33.0 Å². The maximum absolute atomic E-state index is 12.4. The van der Waals surface area contributed by atoms with Crippen LogP contribution in [-0.4, -0.2) is 40.1 Å². The first-order valence-electron chi connectivity index (χ1n) is 7.39. The molecule has 0 saturated heterocycles. The van der Waals surface area contributed by atoms with Gasteiger partial charge in [-0.2, -0.15) is 0 Å². The maximum Gasteiger partial charge on any atom is 0.355 e. The first-order valence-corrected chi connectivity index (χ1v) is 7.39. The second-order valence-electron chi connectivity index (χ2n) is 4.83. The quantitative estimate of drug-likeness (QED) is 0.578. The average molecular weight is 345 g/mol. The molecule has 0 radical (unpaired) electrons. The van der Waals surface area contributed by atoms with E-state index >= 15 is 0 Å². The van der Waals surface area contributed by atoms with Crippen LogP contribution in [0.15, 0.2) is 60.0 Å². The van der Waals surface area contributed by atoms with E-state index in [4.69, 9.17) is 18.9 Å². The van der Waals surface area contributed by atoms with Gasteiger partial charge in [0.05, 0.1) is 25.5 Å². The summed E-state index contributed by atoms with van der Waals surface area (Å²) in [5, 5.41) is 0. The van der Waals surface area contributed by atoms with Crippen LogP contribution in [-0.2, 0) is 23.8 Å². The zero-order valence-corrected chi connectivity index (χ0v) is 14.2. The predicted molar refractivity (Wildman–Crippen MR) is 90.8 cm³/mol. The number of carbonyl (C=O) groups is 2. The number of methoxy groups -OCH3 is 3. The summed E-state index contributed by atoms with van der Waals surface area (Å²) in [6.45, 7) is 0.0357. The van der Waals surface area contributed by atoms with Crippen LogP contribution in [0, 0.1) is 0 Å². The summed E-state index contributed by atoms with van der Waals surface area (Å²) in [4.78, 5) is 26.1. The molecule has 0 spiro atoms. The van der Waals surface area contributed by atoms with E-state index in [1.54, 1.807) is 42.6 Å². The summed E-state index contributed by atoms with van der Waals surface area (Å²) in [5.41, 5.74) is 0.634. The van der Waals surface area contributed by atoms with Gasteiger partial charge in [0, 0.05) is 13.3 Å². The minimum absolute atomic E-state index is 0.0211. The van der Waals surface area contributed by atoms with Crippen molar-refractivity contribution in [2.45, 2.75) is 0 Å². The maximum atomic E-state index is 12.4. The number of anilines is 1. The van der Waals surface area contributed by atoms with E-state index in [1.165, 1.54) is 32.3 Å². The summed E-state index contributed by atoms with van der Waals surface area (Å²) >= 11 is 0. The molecule has 0 amide bonds. The van der Waals surface area contributed by atoms with Crippen molar-refractivity contribution in [1.82, 2.24) is 0 Å². The second kappa shape index (κ2) is 8.70. The summed E-state index contributed by atoms with van der Waals surface area (Å²) in [7, 11) is 4.00. The Morgan fingerprint density at radius 1 is 1.00 bits per heavy atom. The molecular weight excluding hydrogens is 326 g/mol. The van der Waals surface area contributed by atoms with E-state index in [9.17, 15) is 9.59 Å². The van der Waals surface area contributed by atoms with Gasteiger partial charge in [-0.15, -0.1) is 0 Å². The minimum atomic E-state index is -0.682. The van der Waals surface area contributed by atoms with Crippen LogP contribution in [0.4, 0.5) is 5.69 Å². The van der Waals surface area contributed by atoms with Crippen LogP contribution in [0.5, 0.6) is 5.75 Å². The molecule has 0 aliphatic carbocycles. The molecule has 0 aromatic heterocycles. The smallest absolute Gasteiger partial charge is 0.355 e. The number of hydrogen-bond donors (Lipinski definition) is 0. The van der Waals surface area contributed by atoms with E-state index in [0.29, 0.717) is 11.4 Å². The van der Waals surface area contributed by atoms with Crippen LogP contribution in [0.2, 0.25) is 0 Å². The molecule has 0 fully saturated rings. The number of esters is 2. The predicted octanol–water partition coefficient (Wildman–Crippen LogP) is 2.16. The normalized spacial score (nSPS) is 13.5. The molecule has 1 aromatic rings. The fourth-order valence-electron chi connectivity index (χ4n) is 2.25. The highest BCUT2D eigenvalue weighted by atomic mass is 16.7. The molecule has 1 aliphatic heterocycles. The Morgan fingerprint density at radius 3 is 2.40 bits per heavy atom. The molecule has 1 aliphatic rings. The molecular formula is C18H19NO6. The van der Waals surface area contributed by atoms with Gasteiger partial charge in [-0.05, 0) is 24.3 Å². The molecule has 7 heteroatoms. The Hall–Kier alpha value is -3.06. The van der Waals surface area contributed by atoms with Gasteiger partial charge in [-0.3, -0.25) is 0 Å². The largest absolute Gasteiger partial charge is 0.465 e. The molecule has 0 saturated carbocycles. The van der Waals surface area contributed by atoms with Crippen molar-refractivity contribution in [3.63, 3.8) is 0 Å². The van der Waals surface area contributed by atoms with Crippen molar-refractivity contribution in [3.05, 3.63) is 60.0 Å². The third-order valence-electron chi connectivity index (χ3n) is 3.35. The zero-order valence-electron chi connectivity index (χ0n) is 14.2. The van der Waals surface area contributed by atoms with E-state index in [2.05, 4.69) is 0 Å². The molecule has 7 nitrogen and oxygen atoms in total. The lowest BCUT2D eigenvalue weighted by Crippen LogP contribution is -2.27. The molecule has 0 N–H and O–H groups in total. The number of benzene rings is 1. The van der Waals surface area contributed by atoms with Crippen molar-refractivity contribution in [3.8, 4) is 5.75 Å². The van der Waals surface area contributed by atoms with Gasteiger partial charge in [0.25, 0.3) is 0 Å². The summed E-state index contributed by atoms with van der Waals surface area (Å²) < 4.78 is 20.1. The highest BCUT2D eigenvalue weighted by Gasteiger charge is 2.28. The Bertz CT molecular complexity index is 735. The first kappa shape index (κ1) is 18.3. The van der Waals surface area contributed by atoms with Gasteiger partial charge in [-0.25, -0.2) is 9.59 Å². The van der Waals surface area contributed by atoms with Crippen LogP contribution >= 0.6 is 0 Å². The Kier molecular flexibility index (Phi) is 6.36. The summed E-state index contributed by atoms with van der Waals surface area (Å²) in [5.74, 6) is -0.861. The van der Waals surface area contributed by atoms with Crippen LogP contribution in [0.3, 0.4) is 0 Å². The van der Waals surface area contributed by atoms with E-state index in [1.807, 2.05) is 0 Å². The highest BCUT2D eigenvalue weighted by molar-refractivity contribution is 6.05. The number of ether oxygens (including phenoxy) is 4. The highest BCUT2D eigenvalue weighted by Crippen LogP contribution is 2.33. The van der Waals surface area contributed by atoms with E-state index in [0.717, 1.165) is 0 Å². The van der Waals surface area contributed by atoms with Crippen molar-refractivity contribution < 1.29 is 28.5 Å². The average Bonchev–Trinajstić information content (AvgIpc) is 2.88. The zero-order chi connectivity index (χ0) is 18.2. The molecule has 1 aromatic carbocycles. The number of nitrogens with zero attached hydrogens (tertiary/aromatic N) is 1. The number of hydrogen-bond acceptors (Lipinski definition) is 7. The van der Waals surface area contributed by atoms with Crippen molar-refractivity contribution >= 4 is 17.6 Å². The monoisotopic (exact) mass is 345 g/mol. The summed E-state index contributed by atoms with van der Waals surface area (Å²) in [6.07, 6.45) is 6.45. The molecule has 0 bridgehead atoms. The minimum Gasteiger partial charge on any atom is -0.465 e. The summed E-state index contributed by atoms with van der Waals surface area (Å²) in [6, 6.07) is 7.05. The van der Waals surface area contributed by atoms with Gasteiger partial charge in [0.1, 0.15) is 11.4 Å². The lowest BCUT2D eigenvalue weighted by Gasteiger charge is -2.25. The molecule has 0 unspecified atom stereocenters. The van der Waals surface area contributed by atoms with Crippen molar-refractivity contribution in [2.24, 2.45) is 0 Å². The lowest BCUT2D eigenvalue weighted by molar-refractivity contribution is -0.139. The molecule has 1 heterocycles. The topological polar surface area (TPSA) is 74.3 Å². The number of carbonyl (C=O) groups excluding carboxylic acids is 2. The van der Waals surface area contributed by atoms with Crippen LogP contribution in [0.1, 0.15) is 0 Å². The number of para-hydroxylation sites is 2. The van der Waals surface area contributed by atoms with Crippen LogP contribution < -0.4 is 9.64 Å². The third kappa shape index (κ3) is 4.07. The molecule has 132 valence electrons. The Labute approximate surface area is 145 Å². The first-order chi connectivity index (χ1) is 12.1. The number of rotatable bonds is 6. The number of allylic oxidation sites excluding steroid dienone is 2. The van der Waals surface area contributed by atoms with Gasteiger partial charge in [0.15, 0.2) is 6.79 Å². The van der Waals surface area contributed by atoms with E-state index < -0.39 is 11.9 Å². The van der Waals surface area contributed by atoms with Gasteiger partial charge in [-0.1, -0.05) is 18.2 Å². The molecule has 0 atom stereocenters. The van der Waals surface area contributed by atoms with Gasteiger partial charge >= 0.3 is 11.9 Å². The second-order valence-corrected chi connectivity index (χ2v) is 4.83. The molecule has 2 rings (SSSR count).